The van der Waals surface area contributed by atoms with Crippen molar-refractivity contribution in [2.75, 3.05) is 0 Å². The third kappa shape index (κ3) is 1.35. The quantitative estimate of drug-likeness (QED) is 0.663. The standard InChI is InChI=1S/C14H12S/c1-10-12-6-3-2-5-11(12)9-13(10)14-7-4-8-15-14/h2-8H,9H2,1H3. The molecule has 1 aliphatic carbocycles. The molecule has 1 aromatic heterocycles. The second kappa shape index (κ2) is 3.35. The van der Waals surface area contributed by atoms with Crippen molar-refractivity contribution in [3.05, 3.63) is 57.8 Å². The molecule has 3 rings (SSSR count). The molecule has 0 saturated heterocycles. The van der Waals surface area contributed by atoms with Crippen LogP contribution in [0.15, 0.2) is 41.8 Å². The van der Waals surface area contributed by atoms with E-state index in [1.165, 1.54) is 27.2 Å². The molecule has 0 unspecified atom stereocenters. The Morgan fingerprint density at radius 2 is 1.93 bits per heavy atom. The molecule has 2 aromatic rings. The Balaban J connectivity index is 2.13. The third-order valence-electron chi connectivity index (χ3n) is 3.06. The molecule has 74 valence electrons. The van der Waals surface area contributed by atoms with Crippen LogP contribution in [0.5, 0.6) is 0 Å². The molecule has 0 radical (unpaired) electrons. The first-order valence-corrected chi connectivity index (χ1v) is 6.06. The van der Waals surface area contributed by atoms with E-state index < -0.39 is 0 Å². The average Bonchev–Trinajstić information content (AvgIpc) is 2.87. The number of thiophene rings is 1. The summed E-state index contributed by atoms with van der Waals surface area (Å²) in [4.78, 5) is 1.42. The highest BCUT2D eigenvalue weighted by molar-refractivity contribution is 7.11. The Labute approximate surface area is 93.9 Å². The molecule has 0 saturated carbocycles. The molecule has 0 bridgehead atoms. The number of benzene rings is 1. The van der Waals surface area contributed by atoms with E-state index in [2.05, 4.69) is 48.7 Å². The van der Waals surface area contributed by atoms with Crippen LogP contribution in [-0.4, -0.2) is 0 Å². The fraction of sp³-hybridized carbons (Fsp3) is 0.143. The molecule has 0 aliphatic heterocycles. The van der Waals surface area contributed by atoms with E-state index in [1.807, 2.05) is 11.3 Å². The molecule has 0 atom stereocenters. The molecule has 0 N–H and O–H groups in total. The van der Waals surface area contributed by atoms with Gasteiger partial charge < -0.3 is 0 Å². The molecule has 1 aliphatic rings. The minimum absolute atomic E-state index is 1.10. The van der Waals surface area contributed by atoms with Crippen molar-refractivity contribution in [1.29, 1.82) is 0 Å². The number of allylic oxidation sites excluding steroid dienone is 2. The van der Waals surface area contributed by atoms with Gasteiger partial charge in [0.05, 0.1) is 0 Å². The highest BCUT2D eigenvalue weighted by Gasteiger charge is 2.19. The second-order valence-electron chi connectivity index (χ2n) is 3.91. The van der Waals surface area contributed by atoms with Crippen LogP contribution in [0, 0.1) is 0 Å². The Hall–Kier alpha value is -1.34. The first-order valence-electron chi connectivity index (χ1n) is 5.18. The molecule has 0 fully saturated rings. The summed E-state index contributed by atoms with van der Waals surface area (Å²) < 4.78 is 0. The Morgan fingerprint density at radius 1 is 1.07 bits per heavy atom. The monoisotopic (exact) mass is 212 g/mol. The molecule has 15 heavy (non-hydrogen) atoms. The summed E-state index contributed by atoms with van der Waals surface area (Å²) in [6, 6.07) is 13.1. The van der Waals surface area contributed by atoms with Gasteiger partial charge in [-0.1, -0.05) is 30.3 Å². The molecule has 0 amide bonds. The van der Waals surface area contributed by atoms with Gasteiger partial charge in [0.1, 0.15) is 0 Å². The second-order valence-corrected chi connectivity index (χ2v) is 4.86. The highest BCUT2D eigenvalue weighted by Crippen LogP contribution is 2.39. The van der Waals surface area contributed by atoms with Crippen LogP contribution in [0.2, 0.25) is 0 Å². The van der Waals surface area contributed by atoms with Crippen LogP contribution < -0.4 is 0 Å². The molecule has 1 heterocycles. The summed E-state index contributed by atoms with van der Waals surface area (Å²) in [7, 11) is 0. The van der Waals surface area contributed by atoms with E-state index in [0.29, 0.717) is 0 Å². The first-order chi connectivity index (χ1) is 7.36. The van der Waals surface area contributed by atoms with Crippen LogP contribution in [0.25, 0.3) is 11.1 Å². The summed E-state index contributed by atoms with van der Waals surface area (Å²) in [6.07, 6.45) is 1.10. The summed E-state index contributed by atoms with van der Waals surface area (Å²) in [5, 5.41) is 2.15. The first kappa shape index (κ1) is 8.93. The number of hydrogen-bond donors (Lipinski definition) is 0. The van der Waals surface area contributed by atoms with Gasteiger partial charge in [-0.3, -0.25) is 0 Å². The van der Waals surface area contributed by atoms with Crippen molar-refractivity contribution in [2.45, 2.75) is 13.3 Å². The van der Waals surface area contributed by atoms with E-state index >= 15 is 0 Å². The SMILES string of the molecule is CC1=C(c2cccs2)Cc2ccccc21. The van der Waals surface area contributed by atoms with Crippen molar-refractivity contribution in [1.82, 2.24) is 0 Å². The summed E-state index contributed by atoms with van der Waals surface area (Å²) in [5.74, 6) is 0. The maximum atomic E-state index is 2.24. The zero-order valence-electron chi connectivity index (χ0n) is 8.66. The van der Waals surface area contributed by atoms with Gasteiger partial charge in [0, 0.05) is 4.88 Å². The molecule has 0 spiro atoms. The molecule has 1 aromatic carbocycles. The van der Waals surface area contributed by atoms with Crippen LogP contribution in [0.4, 0.5) is 0 Å². The Kier molecular flexibility index (Phi) is 2.00. The lowest BCUT2D eigenvalue weighted by Crippen LogP contribution is -1.81. The van der Waals surface area contributed by atoms with Crippen LogP contribution >= 0.6 is 11.3 Å². The Morgan fingerprint density at radius 3 is 2.67 bits per heavy atom. The van der Waals surface area contributed by atoms with Crippen molar-refractivity contribution in [3.63, 3.8) is 0 Å². The van der Waals surface area contributed by atoms with E-state index in [1.54, 1.807) is 0 Å². The lowest BCUT2D eigenvalue weighted by atomic mass is 10.1. The minimum Gasteiger partial charge on any atom is -0.144 e. The number of rotatable bonds is 1. The van der Waals surface area contributed by atoms with Crippen LogP contribution in [0.3, 0.4) is 0 Å². The maximum absolute atomic E-state index is 2.24. The van der Waals surface area contributed by atoms with Gasteiger partial charge in [-0.05, 0) is 47.1 Å². The molecule has 1 heteroatoms. The number of hydrogen-bond acceptors (Lipinski definition) is 1. The average molecular weight is 212 g/mol. The van der Waals surface area contributed by atoms with Gasteiger partial charge in [-0.25, -0.2) is 0 Å². The summed E-state index contributed by atoms with van der Waals surface area (Å²) >= 11 is 1.84. The van der Waals surface area contributed by atoms with E-state index in [4.69, 9.17) is 0 Å². The van der Waals surface area contributed by atoms with Crippen molar-refractivity contribution < 1.29 is 0 Å². The van der Waals surface area contributed by atoms with E-state index in [9.17, 15) is 0 Å². The number of fused-ring (bicyclic) bond motifs is 1. The summed E-state index contributed by atoms with van der Waals surface area (Å²) in [6.45, 7) is 2.24. The van der Waals surface area contributed by atoms with Gasteiger partial charge in [0.25, 0.3) is 0 Å². The van der Waals surface area contributed by atoms with Crippen molar-refractivity contribution in [2.24, 2.45) is 0 Å². The fourth-order valence-corrected chi connectivity index (χ4v) is 3.08. The van der Waals surface area contributed by atoms with Gasteiger partial charge in [-0.2, -0.15) is 0 Å². The molecule has 0 nitrogen and oxygen atoms in total. The predicted octanol–water partition coefficient (Wildman–Crippen LogP) is 4.23. The minimum atomic E-state index is 1.10. The fourth-order valence-electron chi connectivity index (χ4n) is 2.25. The lowest BCUT2D eigenvalue weighted by Gasteiger charge is -1.99. The topological polar surface area (TPSA) is 0 Å². The lowest BCUT2D eigenvalue weighted by molar-refractivity contribution is 1.33. The van der Waals surface area contributed by atoms with Gasteiger partial charge in [-0.15, -0.1) is 11.3 Å². The maximum Gasteiger partial charge on any atom is 0.0308 e. The third-order valence-corrected chi connectivity index (χ3v) is 3.99. The van der Waals surface area contributed by atoms with Crippen molar-refractivity contribution >= 4 is 22.5 Å². The highest BCUT2D eigenvalue weighted by atomic mass is 32.1. The van der Waals surface area contributed by atoms with Gasteiger partial charge in [0.2, 0.25) is 0 Å². The van der Waals surface area contributed by atoms with E-state index in [-0.39, 0.29) is 0 Å². The zero-order valence-corrected chi connectivity index (χ0v) is 9.47. The normalized spacial score (nSPS) is 14.5. The Bertz CT molecular complexity index is 518. The largest absolute Gasteiger partial charge is 0.144 e. The van der Waals surface area contributed by atoms with Crippen molar-refractivity contribution in [3.8, 4) is 0 Å². The molecular weight excluding hydrogens is 200 g/mol. The van der Waals surface area contributed by atoms with Crippen LogP contribution in [0.1, 0.15) is 22.9 Å². The smallest absolute Gasteiger partial charge is 0.0308 e. The van der Waals surface area contributed by atoms with Crippen LogP contribution in [-0.2, 0) is 6.42 Å². The summed E-state index contributed by atoms with van der Waals surface area (Å²) in [5.41, 5.74) is 5.86. The predicted molar refractivity (Wildman–Crippen MR) is 67.0 cm³/mol. The zero-order chi connectivity index (χ0) is 10.3. The van der Waals surface area contributed by atoms with E-state index in [0.717, 1.165) is 6.42 Å². The van der Waals surface area contributed by atoms with Gasteiger partial charge >= 0.3 is 0 Å². The van der Waals surface area contributed by atoms with Gasteiger partial charge in [0.15, 0.2) is 0 Å². The molecular formula is C14H12S.